The monoisotopic (exact) mass is 330 g/mol. The van der Waals surface area contributed by atoms with Crippen LogP contribution in [0.3, 0.4) is 0 Å². The van der Waals surface area contributed by atoms with E-state index in [1.165, 1.54) is 0 Å². The molecule has 0 aromatic carbocycles. The third-order valence-corrected chi connectivity index (χ3v) is 3.63. The molecular formula is C16H31ClN4O. The molecule has 0 atom stereocenters. The Hall–Kier alpha value is -1.07. The summed E-state index contributed by atoms with van der Waals surface area (Å²) in [4.78, 5) is 14.4. The van der Waals surface area contributed by atoms with E-state index >= 15 is 0 Å². The van der Waals surface area contributed by atoms with Crippen LogP contribution in [0.2, 0.25) is 0 Å². The molecule has 0 radical (unpaired) electrons. The number of nitrogens with zero attached hydrogens (tertiary/aromatic N) is 3. The fraction of sp³-hybridized carbons (Fsp3) is 0.750. The highest BCUT2D eigenvalue weighted by Gasteiger charge is 2.27. The molecule has 0 unspecified atom stereocenters. The van der Waals surface area contributed by atoms with Crippen molar-refractivity contribution in [3.8, 4) is 0 Å². The van der Waals surface area contributed by atoms with E-state index in [4.69, 9.17) is 5.73 Å². The van der Waals surface area contributed by atoms with Crippen LogP contribution in [0.5, 0.6) is 0 Å². The fourth-order valence-electron chi connectivity index (χ4n) is 2.45. The Bertz CT molecular complexity index is 503. The Morgan fingerprint density at radius 2 is 1.86 bits per heavy atom. The van der Waals surface area contributed by atoms with E-state index in [1.807, 2.05) is 11.7 Å². The number of hydrogen-bond donors (Lipinski definition) is 1. The molecule has 1 amide bonds. The Balaban J connectivity index is 0.00000441. The second-order valence-corrected chi connectivity index (χ2v) is 7.47. The molecule has 6 heteroatoms. The first-order chi connectivity index (χ1) is 9.53. The predicted octanol–water partition coefficient (Wildman–Crippen LogP) is 2.68. The average Bonchev–Trinajstić information content (AvgIpc) is 2.80. The van der Waals surface area contributed by atoms with Gasteiger partial charge in [0, 0.05) is 13.6 Å². The van der Waals surface area contributed by atoms with Gasteiger partial charge in [-0.3, -0.25) is 9.48 Å². The normalized spacial score (nSPS) is 12.0. The van der Waals surface area contributed by atoms with Crippen LogP contribution in [0.15, 0.2) is 6.20 Å². The lowest BCUT2D eigenvalue weighted by Gasteiger charge is -2.29. The minimum Gasteiger partial charge on any atom is -0.341 e. The molecule has 0 aliphatic carbocycles. The fourth-order valence-corrected chi connectivity index (χ4v) is 2.45. The van der Waals surface area contributed by atoms with E-state index in [-0.39, 0.29) is 29.3 Å². The number of hydrogen-bond acceptors (Lipinski definition) is 3. The van der Waals surface area contributed by atoms with Gasteiger partial charge in [-0.05, 0) is 39.2 Å². The summed E-state index contributed by atoms with van der Waals surface area (Å²) in [7, 11) is 1.83. The molecule has 0 spiro atoms. The van der Waals surface area contributed by atoms with Crippen molar-refractivity contribution in [1.82, 2.24) is 14.7 Å². The van der Waals surface area contributed by atoms with Crippen molar-refractivity contribution in [2.24, 2.45) is 11.1 Å². The molecule has 1 aromatic heterocycles. The van der Waals surface area contributed by atoms with Gasteiger partial charge in [-0.1, -0.05) is 20.8 Å². The maximum atomic E-state index is 12.7. The van der Waals surface area contributed by atoms with Gasteiger partial charge < -0.3 is 10.6 Å². The van der Waals surface area contributed by atoms with Crippen molar-refractivity contribution in [1.29, 1.82) is 0 Å². The van der Waals surface area contributed by atoms with E-state index in [0.717, 1.165) is 12.1 Å². The summed E-state index contributed by atoms with van der Waals surface area (Å²) in [5.74, 6) is 0.0175. The second-order valence-electron chi connectivity index (χ2n) is 7.47. The molecule has 0 saturated heterocycles. The summed E-state index contributed by atoms with van der Waals surface area (Å²) in [6.07, 6.45) is 2.48. The maximum Gasteiger partial charge on any atom is 0.257 e. The Labute approximate surface area is 140 Å². The van der Waals surface area contributed by atoms with Gasteiger partial charge >= 0.3 is 0 Å². The quantitative estimate of drug-likeness (QED) is 0.902. The van der Waals surface area contributed by atoms with Gasteiger partial charge in [0.05, 0.1) is 23.0 Å². The second kappa shape index (κ2) is 7.47. The van der Waals surface area contributed by atoms with Gasteiger partial charge in [0.1, 0.15) is 0 Å². The molecule has 0 fully saturated rings. The zero-order valence-corrected chi connectivity index (χ0v) is 15.8. The zero-order valence-electron chi connectivity index (χ0n) is 14.9. The van der Waals surface area contributed by atoms with Gasteiger partial charge in [-0.15, -0.1) is 12.4 Å². The number of nitrogens with two attached hydrogens (primary N) is 1. The molecular weight excluding hydrogens is 300 g/mol. The number of rotatable bonds is 5. The minimum atomic E-state index is -0.126. The number of aromatic nitrogens is 2. The standard InChI is InChI=1S/C16H30N4O.ClH/c1-8-13-12(9-18-20(13)15(2,3)4)14(21)19(7)11-16(5,6)10-17;/h9H,8,10-11,17H2,1-7H3;1H. The van der Waals surface area contributed by atoms with E-state index in [1.54, 1.807) is 11.1 Å². The van der Waals surface area contributed by atoms with Gasteiger partial charge in [0.15, 0.2) is 0 Å². The molecule has 0 saturated carbocycles. The van der Waals surface area contributed by atoms with Crippen LogP contribution in [-0.4, -0.2) is 40.7 Å². The Kier molecular flexibility index (Phi) is 7.10. The highest BCUT2D eigenvalue weighted by atomic mass is 35.5. The topological polar surface area (TPSA) is 64.2 Å². The van der Waals surface area contributed by atoms with Crippen LogP contribution in [-0.2, 0) is 12.0 Å². The van der Waals surface area contributed by atoms with E-state index in [2.05, 4.69) is 46.6 Å². The SMILES string of the molecule is CCc1c(C(=O)N(C)CC(C)(C)CN)cnn1C(C)(C)C.Cl. The van der Waals surface area contributed by atoms with E-state index in [9.17, 15) is 4.79 Å². The van der Waals surface area contributed by atoms with Gasteiger partial charge in [-0.2, -0.15) is 5.10 Å². The zero-order chi connectivity index (χ0) is 16.4. The lowest BCUT2D eigenvalue weighted by atomic mass is 9.93. The van der Waals surface area contributed by atoms with E-state index < -0.39 is 0 Å². The number of carbonyl (C=O) groups excluding carboxylic acids is 1. The van der Waals surface area contributed by atoms with Crippen LogP contribution in [0.25, 0.3) is 0 Å². The van der Waals surface area contributed by atoms with Crippen molar-refractivity contribution in [3.63, 3.8) is 0 Å². The van der Waals surface area contributed by atoms with Gasteiger partial charge in [0.2, 0.25) is 0 Å². The van der Waals surface area contributed by atoms with Crippen molar-refractivity contribution >= 4 is 18.3 Å². The molecule has 1 rings (SSSR count). The summed E-state index contributed by atoms with van der Waals surface area (Å²) in [6, 6.07) is 0. The van der Waals surface area contributed by atoms with Crippen LogP contribution in [0.1, 0.15) is 57.6 Å². The first-order valence-electron chi connectivity index (χ1n) is 7.56. The summed E-state index contributed by atoms with van der Waals surface area (Å²) >= 11 is 0. The van der Waals surface area contributed by atoms with Crippen LogP contribution in [0, 0.1) is 5.41 Å². The summed E-state index contributed by atoms with van der Waals surface area (Å²) in [5.41, 5.74) is 7.23. The number of amides is 1. The number of carbonyl (C=O) groups is 1. The van der Waals surface area contributed by atoms with Crippen molar-refractivity contribution in [2.45, 2.75) is 53.5 Å². The van der Waals surface area contributed by atoms with Crippen molar-refractivity contribution in [3.05, 3.63) is 17.5 Å². The highest BCUT2D eigenvalue weighted by molar-refractivity contribution is 5.95. The first kappa shape index (κ1) is 20.9. The predicted molar refractivity (Wildman–Crippen MR) is 93.6 cm³/mol. The molecule has 0 aliphatic heterocycles. The summed E-state index contributed by atoms with van der Waals surface area (Å²) < 4.78 is 1.95. The van der Waals surface area contributed by atoms with Gasteiger partial charge in [0.25, 0.3) is 5.91 Å². The number of halogens is 1. The maximum absolute atomic E-state index is 12.7. The van der Waals surface area contributed by atoms with Crippen molar-refractivity contribution in [2.75, 3.05) is 20.1 Å². The third kappa shape index (κ3) is 4.71. The molecule has 1 aromatic rings. The van der Waals surface area contributed by atoms with E-state index in [0.29, 0.717) is 18.7 Å². The molecule has 128 valence electrons. The largest absolute Gasteiger partial charge is 0.341 e. The Morgan fingerprint density at radius 3 is 2.27 bits per heavy atom. The van der Waals surface area contributed by atoms with Gasteiger partial charge in [-0.25, -0.2) is 0 Å². The lowest BCUT2D eigenvalue weighted by Crippen LogP contribution is -2.40. The Morgan fingerprint density at radius 1 is 1.32 bits per heavy atom. The average molecular weight is 331 g/mol. The molecule has 1 heterocycles. The van der Waals surface area contributed by atoms with Crippen LogP contribution < -0.4 is 5.73 Å². The van der Waals surface area contributed by atoms with Crippen molar-refractivity contribution < 1.29 is 4.79 Å². The molecule has 0 bridgehead atoms. The minimum absolute atomic E-state index is 0. The van der Waals surface area contributed by atoms with Crippen LogP contribution in [0.4, 0.5) is 0 Å². The molecule has 5 nitrogen and oxygen atoms in total. The first-order valence-corrected chi connectivity index (χ1v) is 7.56. The lowest BCUT2D eigenvalue weighted by molar-refractivity contribution is 0.0739. The van der Waals surface area contributed by atoms with Crippen LogP contribution >= 0.6 is 12.4 Å². The third-order valence-electron chi connectivity index (χ3n) is 3.63. The summed E-state index contributed by atoms with van der Waals surface area (Å²) in [6.45, 7) is 13.6. The molecule has 2 N–H and O–H groups in total. The molecule has 0 aliphatic rings. The molecule has 22 heavy (non-hydrogen) atoms. The summed E-state index contributed by atoms with van der Waals surface area (Å²) in [5, 5.41) is 4.42. The highest BCUT2D eigenvalue weighted by Crippen LogP contribution is 2.22. The smallest absolute Gasteiger partial charge is 0.257 e.